The van der Waals surface area contributed by atoms with Crippen LogP contribution in [0.2, 0.25) is 0 Å². The number of nitrogens with two attached hydrogens (primary N) is 1. The van der Waals surface area contributed by atoms with Gasteiger partial charge >= 0.3 is 0 Å². The molecule has 2 N–H and O–H groups in total. The summed E-state index contributed by atoms with van der Waals surface area (Å²) in [7, 11) is 0. The van der Waals surface area contributed by atoms with E-state index >= 15 is 0 Å². The minimum atomic E-state index is -0.214. The summed E-state index contributed by atoms with van der Waals surface area (Å²) >= 11 is 0. The van der Waals surface area contributed by atoms with Crippen LogP contribution in [0.25, 0.3) is 0 Å². The van der Waals surface area contributed by atoms with Crippen molar-refractivity contribution in [2.24, 2.45) is 5.73 Å². The minimum absolute atomic E-state index is 0.187. The normalized spacial score (nSPS) is 12.7. The molecule has 2 nitrogen and oxygen atoms in total. The molecule has 0 radical (unpaired) electrons. The predicted molar refractivity (Wildman–Crippen MR) is 65.2 cm³/mol. The summed E-state index contributed by atoms with van der Waals surface area (Å²) in [5.41, 5.74) is 8.03. The SMILES string of the molecule is Cc1ccc(C(N)Cc2ccc(F)cc2C)o1. The maximum Gasteiger partial charge on any atom is 0.123 e. The molecule has 0 aliphatic rings. The quantitative estimate of drug-likeness (QED) is 0.883. The number of hydrogen-bond donors (Lipinski definition) is 1. The molecular weight excluding hydrogens is 217 g/mol. The molecule has 90 valence electrons. The molecule has 3 heteroatoms. The van der Waals surface area contributed by atoms with Gasteiger partial charge in [-0.25, -0.2) is 4.39 Å². The zero-order valence-electron chi connectivity index (χ0n) is 10.0. The van der Waals surface area contributed by atoms with E-state index in [0.29, 0.717) is 6.42 Å². The van der Waals surface area contributed by atoms with Crippen LogP contribution in [-0.4, -0.2) is 0 Å². The van der Waals surface area contributed by atoms with Crippen LogP contribution in [0.1, 0.15) is 28.7 Å². The second-order valence-corrected chi connectivity index (χ2v) is 4.33. The van der Waals surface area contributed by atoms with E-state index in [1.807, 2.05) is 26.0 Å². The summed E-state index contributed by atoms with van der Waals surface area (Å²) in [6, 6.07) is 8.36. The third kappa shape index (κ3) is 2.74. The largest absolute Gasteiger partial charge is 0.465 e. The van der Waals surface area contributed by atoms with Gasteiger partial charge in [0.25, 0.3) is 0 Å². The van der Waals surface area contributed by atoms with Crippen molar-refractivity contribution in [1.82, 2.24) is 0 Å². The summed E-state index contributed by atoms with van der Waals surface area (Å²) in [5.74, 6) is 1.41. The van der Waals surface area contributed by atoms with Gasteiger partial charge in [0, 0.05) is 0 Å². The first-order valence-corrected chi connectivity index (χ1v) is 5.63. The third-order valence-corrected chi connectivity index (χ3v) is 2.87. The number of aryl methyl sites for hydroxylation is 2. The number of rotatable bonds is 3. The zero-order chi connectivity index (χ0) is 12.4. The highest BCUT2D eigenvalue weighted by Crippen LogP contribution is 2.20. The molecule has 0 amide bonds. The predicted octanol–water partition coefficient (Wildman–Crippen LogP) is 3.28. The number of benzene rings is 1. The molecule has 1 atom stereocenters. The van der Waals surface area contributed by atoms with Gasteiger partial charge in [-0.1, -0.05) is 6.07 Å². The van der Waals surface area contributed by atoms with Crippen LogP contribution >= 0.6 is 0 Å². The van der Waals surface area contributed by atoms with Gasteiger partial charge in [0.1, 0.15) is 17.3 Å². The Bertz CT molecular complexity index is 519. The molecule has 0 aliphatic heterocycles. The summed E-state index contributed by atoms with van der Waals surface area (Å²) in [6.07, 6.45) is 0.652. The van der Waals surface area contributed by atoms with E-state index < -0.39 is 0 Å². The zero-order valence-corrected chi connectivity index (χ0v) is 10.0. The molecule has 0 bridgehead atoms. The topological polar surface area (TPSA) is 39.2 Å². The van der Waals surface area contributed by atoms with Crippen LogP contribution in [0.3, 0.4) is 0 Å². The Morgan fingerprint density at radius 3 is 2.59 bits per heavy atom. The lowest BCUT2D eigenvalue weighted by Crippen LogP contribution is -2.13. The summed E-state index contributed by atoms with van der Waals surface area (Å²) in [6.45, 7) is 3.78. The summed E-state index contributed by atoms with van der Waals surface area (Å²) in [4.78, 5) is 0. The molecule has 1 aromatic heterocycles. The molecule has 17 heavy (non-hydrogen) atoms. The first-order valence-electron chi connectivity index (χ1n) is 5.63. The van der Waals surface area contributed by atoms with E-state index in [9.17, 15) is 4.39 Å². The van der Waals surface area contributed by atoms with Crippen molar-refractivity contribution in [1.29, 1.82) is 0 Å². The molecule has 0 aliphatic carbocycles. The molecule has 0 saturated carbocycles. The standard InChI is InChI=1S/C14H16FNO/c1-9-7-12(15)5-4-11(9)8-13(16)14-6-3-10(2)17-14/h3-7,13H,8,16H2,1-2H3. The van der Waals surface area contributed by atoms with Gasteiger partial charge in [0.15, 0.2) is 0 Å². The molecule has 2 rings (SSSR count). The molecule has 2 aromatic rings. The van der Waals surface area contributed by atoms with E-state index in [1.165, 1.54) is 12.1 Å². The molecule has 0 spiro atoms. The fraction of sp³-hybridized carbons (Fsp3) is 0.286. The third-order valence-electron chi connectivity index (χ3n) is 2.87. The van der Waals surface area contributed by atoms with Crippen LogP contribution in [0, 0.1) is 19.7 Å². The first-order chi connectivity index (χ1) is 8.06. The van der Waals surface area contributed by atoms with Crippen LogP contribution in [0.15, 0.2) is 34.7 Å². The van der Waals surface area contributed by atoms with Gasteiger partial charge in [-0.3, -0.25) is 0 Å². The van der Waals surface area contributed by atoms with Gasteiger partial charge in [0.2, 0.25) is 0 Å². The monoisotopic (exact) mass is 233 g/mol. The van der Waals surface area contributed by atoms with E-state index in [2.05, 4.69) is 0 Å². The van der Waals surface area contributed by atoms with Gasteiger partial charge in [-0.05, 0) is 55.7 Å². The van der Waals surface area contributed by atoms with E-state index in [4.69, 9.17) is 10.2 Å². The molecular formula is C14H16FNO. The Morgan fingerprint density at radius 2 is 2.00 bits per heavy atom. The lowest BCUT2D eigenvalue weighted by Gasteiger charge is -2.11. The lowest BCUT2D eigenvalue weighted by atomic mass is 10.0. The van der Waals surface area contributed by atoms with Crippen molar-refractivity contribution >= 4 is 0 Å². The van der Waals surface area contributed by atoms with Crippen LogP contribution in [-0.2, 0) is 6.42 Å². The highest BCUT2D eigenvalue weighted by molar-refractivity contribution is 5.28. The van der Waals surface area contributed by atoms with Crippen molar-refractivity contribution in [2.75, 3.05) is 0 Å². The summed E-state index contributed by atoms with van der Waals surface area (Å²) < 4.78 is 18.4. The van der Waals surface area contributed by atoms with Crippen LogP contribution in [0.5, 0.6) is 0 Å². The lowest BCUT2D eigenvalue weighted by molar-refractivity contribution is 0.444. The molecule has 1 heterocycles. The number of hydrogen-bond acceptors (Lipinski definition) is 2. The Kier molecular flexibility index (Phi) is 3.29. The maximum absolute atomic E-state index is 13.0. The average Bonchev–Trinajstić information content (AvgIpc) is 2.69. The molecule has 0 saturated heterocycles. The fourth-order valence-electron chi connectivity index (χ4n) is 1.88. The summed E-state index contributed by atoms with van der Waals surface area (Å²) in [5, 5.41) is 0. The highest BCUT2D eigenvalue weighted by atomic mass is 19.1. The van der Waals surface area contributed by atoms with Gasteiger partial charge in [0.05, 0.1) is 6.04 Å². The van der Waals surface area contributed by atoms with Crippen molar-refractivity contribution in [3.63, 3.8) is 0 Å². The van der Waals surface area contributed by atoms with Crippen molar-refractivity contribution < 1.29 is 8.81 Å². The fourth-order valence-corrected chi connectivity index (χ4v) is 1.88. The van der Waals surface area contributed by atoms with Crippen molar-refractivity contribution in [2.45, 2.75) is 26.3 Å². The minimum Gasteiger partial charge on any atom is -0.465 e. The van der Waals surface area contributed by atoms with Gasteiger partial charge in [-0.2, -0.15) is 0 Å². The second kappa shape index (κ2) is 4.72. The van der Waals surface area contributed by atoms with Crippen LogP contribution < -0.4 is 5.73 Å². The van der Waals surface area contributed by atoms with Gasteiger partial charge in [-0.15, -0.1) is 0 Å². The van der Waals surface area contributed by atoms with E-state index in [1.54, 1.807) is 6.07 Å². The smallest absolute Gasteiger partial charge is 0.123 e. The maximum atomic E-state index is 13.0. The highest BCUT2D eigenvalue weighted by Gasteiger charge is 2.12. The number of furan rings is 1. The molecule has 1 aromatic carbocycles. The van der Waals surface area contributed by atoms with Crippen molar-refractivity contribution in [3.8, 4) is 0 Å². The average molecular weight is 233 g/mol. The first kappa shape index (κ1) is 11.9. The van der Waals surface area contributed by atoms with E-state index in [0.717, 1.165) is 22.6 Å². The molecule has 0 fully saturated rings. The Hall–Kier alpha value is -1.61. The van der Waals surface area contributed by atoms with Crippen molar-refractivity contribution in [3.05, 3.63) is 58.8 Å². The Balaban J connectivity index is 2.15. The van der Waals surface area contributed by atoms with Crippen LogP contribution in [0.4, 0.5) is 4.39 Å². The second-order valence-electron chi connectivity index (χ2n) is 4.33. The Morgan fingerprint density at radius 1 is 1.24 bits per heavy atom. The Labute approximate surface area is 100 Å². The van der Waals surface area contributed by atoms with Gasteiger partial charge < -0.3 is 10.2 Å². The van der Waals surface area contributed by atoms with E-state index in [-0.39, 0.29) is 11.9 Å². The molecule has 1 unspecified atom stereocenters. The number of halogens is 1.